The smallest absolute Gasteiger partial charge is 0.292 e. The second-order valence-corrected chi connectivity index (χ2v) is 5.18. The van der Waals surface area contributed by atoms with Gasteiger partial charge in [-0.05, 0) is 17.7 Å². The van der Waals surface area contributed by atoms with Gasteiger partial charge in [0.1, 0.15) is 5.69 Å². The maximum Gasteiger partial charge on any atom is 0.292 e. The predicted molar refractivity (Wildman–Crippen MR) is 80.2 cm³/mol. The molecular formula is C13H11N3O4S. The van der Waals surface area contributed by atoms with Crippen molar-refractivity contribution in [2.24, 2.45) is 0 Å². The average molecular weight is 305 g/mol. The van der Waals surface area contributed by atoms with Gasteiger partial charge in [-0.15, -0.1) is 11.8 Å². The normalized spacial score (nSPS) is 10.3. The molecule has 0 heterocycles. The lowest BCUT2D eigenvalue weighted by atomic mass is 10.2. The van der Waals surface area contributed by atoms with Crippen LogP contribution in [0.25, 0.3) is 0 Å². The maximum absolute atomic E-state index is 10.9. The molecule has 0 unspecified atom stereocenters. The van der Waals surface area contributed by atoms with Crippen LogP contribution in [0.4, 0.5) is 17.1 Å². The highest BCUT2D eigenvalue weighted by Crippen LogP contribution is 2.32. The van der Waals surface area contributed by atoms with Crippen LogP contribution in [0.5, 0.6) is 0 Å². The van der Waals surface area contributed by atoms with Crippen LogP contribution < -0.4 is 5.73 Å². The molecule has 108 valence electrons. The van der Waals surface area contributed by atoms with Gasteiger partial charge in [0.25, 0.3) is 11.4 Å². The molecule has 2 N–H and O–H groups in total. The lowest BCUT2D eigenvalue weighted by Gasteiger charge is -2.04. The van der Waals surface area contributed by atoms with E-state index in [0.717, 1.165) is 0 Å². The van der Waals surface area contributed by atoms with Crippen LogP contribution in [0.2, 0.25) is 0 Å². The van der Waals surface area contributed by atoms with E-state index < -0.39 is 9.85 Å². The van der Waals surface area contributed by atoms with Gasteiger partial charge in [-0.25, -0.2) is 0 Å². The Balaban J connectivity index is 2.19. The van der Waals surface area contributed by atoms with E-state index in [1.54, 1.807) is 24.3 Å². The van der Waals surface area contributed by atoms with E-state index in [2.05, 4.69) is 0 Å². The molecule has 0 radical (unpaired) electrons. The first kappa shape index (κ1) is 14.8. The number of thioether (sulfide) groups is 1. The number of para-hydroxylation sites is 1. The first-order valence-corrected chi connectivity index (χ1v) is 6.86. The van der Waals surface area contributed by atoms with Crippen LogP contribution in [0, 0.1) is 20.2 Å². The SMILES string of the molecule is Nc1ccc(CSc2ccccc2[N+](=O)[O-])cc1[N+](=O)[O-]. The summed E-state index contributed by atoms with van der Waals surface area (Å²) in [6, 6.07) is 10.9. The van der Waals surface area contributed by atoms with Gasteiger partial charge in [0.05, 0.1) is 14.7 Å². The van der Waals surface area contributed by atoms with Crippen molar-refractivity contribution in [3.8, 4) is 0 Å². The van der Waals surface area contributed by atoms with Crippen LogP contribution in [-0.2, 0) is 5.75 Å². The fourth-order valence-electron chi connectivity index (χ4n) is 1.73. The Morgan fingerprint density at radius 2 is 1.67 bits per heavy atom. The molecule has 0 saturated heterocycles. The van der Waals surface area contributed by atoms with Gasteiger partial charge >= 0.3 is 0 Å². The van der Waals surface area contributed by atoms with Gasteiger partial charge in [-0.3, -0.25) is 20.2 Å². The number of anilines is 1. The highest BCUT2D eigenvalue weighted by atomic mass is 32.2. The molecular weight excluding hydrogens is 294 g/mol. The molecule has 0 aliphatic rings. The molecule has 0 aliphatic carbocycles. The highest BCUT2D eigenvalue weighted by Gasteiger charge is 2.15. The number of rotatable bonds is 5. The minimum absolute atomic E-state index is 0.0208. The number of nitrogens with two attached hydrogens (primary N) is 1. The van der Waals surface area contributed by atoms with Crippen molar-refractivity contribution < 1.29 is 9.85 Å². The van der Waals surface area contributed by atoms with Crippen molar-refractivity contribution in [3.05, 3.63) is 68.3 Å². The molecule has 0 atom stereocenters. The van der Waals surface area contributed by atoms with Gasteiger partial charge < -0.3 is 5.73 Å². The van der Waals surface area contributed by atoms with Gasteiger partial charge in [-0.1, -0.05) is 18.2 Å². The Morgan fingerprint density at radius 3 is 2.33 bits per heavy atom. The molecule has 0 aromatic heterocycles. The van der Waals surface area contributed by atoms with E-state index in [1.165, 1.54) is 30.0 Å². The third-order valence-corrected chi connectivity index (χ3v) is 3.88. The molecule has 0 fully saturated rings. The summed E-state index contributed by atoms with van der Waals surface area (Å²) in [6.07, 6.45) is 0. The summed E-state index contributed by atoms with van der Waals surface area (Å²) < 4.78 is 0. The van der Waals surface area contributed by atoms with E-state index in [4.69, 9.17) is 5.73 Å². The van der Waals surface area contributed by atoms with E-state index in [0.29, 0.717) is 16.2 Å². The molecule has 0 aliphatic heterocycles. The number of nitro groups is 2. The second-order valence-electron chi connectivity index (χ2n) is 4.16. The number of nitrogens with zero attached hydrogens (tertiary/aromatic N) is 2. The number of benzene rings is 2. The molecule has 7 nitrogen and oxygen atoms in total. The first-order valence-electron chi connectivity index (χ1n) is 5.88. The van der Waals surface area contributed by atoms with E-state index in [9.17, 15) is 20.2 Å². The van der Waals surface area contributed by atoms with Crippen molar-refractivity contribution in [2.75, 3.05) is 5.73 Å². The van der Waals surface area contributed by atoms with Gasteiger partial charge in [0, 0.05) is 17.9 Å². The lowest BCUT2D eigenvalue weighted by molar-refractivity contribution is -0.387. The summed E-state index contributed by atoms with van der Waals surface area (Å²) in [7, 11) is 0. The van der Waals surface area contributed by atoms with Crippen molar-refractivity contribution in [2.45, 2.75) is 10.6 Å². The average Bonchev–Trinajstić information content (AvgIpc) is 2.46. The van der Waals surface area contributed by atoms with Crippen molar-refractivity contribution in [3.63, 3.8) is 0 Å². The molecule has 0 bridgehead atoms. The summed E-state index contributed by atoms with van der Waals surface area (Å²) in [4.78, 5) is 21.2. The Kier molecular flexibility index (Phi) is 4.39. The minimum Gasteiger partial charge on any atom is -0.393 e. The third kappa shape index (κ3) is 3.48. The number of nitrogen functional groups attached to an aromatic ring is 1. The second kappa shape index (κ2) is 6.23. The Hall–Kier alpha value is -2.61. The first-order chi connectivity index (χ1) is 9.99. The van der Waals surface area contributed by atoms with Crippen molar-refractivity contribution in [1.82, 2.24) is 0 Å². The monoisotopic (exact) mass is 305 g/mol. The summed E-state index contributed by atoms with van der Waals surface area (Å²) in [5.41, 5.74) is 6.16. The topological polar surface area (TPSA) is 112 Å². The number of hydrogen-bond donors (Lipinski definition) is 1. The molecule has 2 aromatic rings. The maximum atomic E-state index is 10.9. The van der Waals surface area contributed by atoms with E-state index in [1.807, 2.05) is 0 Å². The zero-order chi connectivity index (χ0) is 15.4. The van der Waals surface area contributed by atoms with Crippen molar-refractivity contribution >= 4 is 28.8 Å². The molecule has 0 amide bonds. The van der Waals surface area contributed by atoms with Crippen LogP contribution in [0.15, 0.2) is 47.4 Å². The molecule has 2 rings (SSSR count). The zero-order valence-corrected chi connectivity index (χ0v) is 11.6. The quantitative estimate of drug-likeness (QED) is 0.392. The summed E-state index contributed by atoms with van der Waals surface area (Å²) in [6.45, 7) is 0. The lowest BCUT2D eigenvalue weighted by Crippen LogP contribution is -1.96. The Bertz CT molecular complexity index is 706. The largest absolute Gasteiger partial charge is 0.393 e. The Morgan fingerprint density at radius 1 is 1.00 bits per heavy atom. The summed E-state index contributed by atoms with van der Waals surface area (Å²) >= 11 is 1.25. The van der Waals surface area contributed by atoms with Crippen LogP contribution in [-0.4, -0.2) is 9.85 Å². The highest BCUT2D eigenvalue weighted by molar-refractivity contribution is 7.98. The fourth-order valence-corrected chi connectivity index (χ4v) is 2.70. The van der Waals surface area contributed by atoms with Gasteiger partial charge in [-0.2, -0.15) is 0 Å². The zero-order valence-electron chi connectivity index (χ0n) is 10.8. The number of hydrogen-bond acceptors (Lipinski definition) is 6. The van der Waals surface area contributed by atoms with Crippen LogP contribution in [0.3, 0.4) is 0 Å². The van der Waals surface area contributed by atoms with Crippen molar-refractivity contribution in [1.29, 1.82) is 0 Å². The molecule has 2 aromatic carbocycles. The summed E-state index contributed by atoms with van der Waals surface area (Å²) in [5, 5.41) is 21.7. The molecule has 0 saturated carbocycles. The molecule has 8 heteroatoms. The fraction of sp³-hybridized carbons (Fsp3) is 0.0769. The Labute approximate surface area is 124 Å². The summed E-state index contributed by atoms with van der Waals surface area (Å²) in [5.74, 6) is 0.381. The van der Waals surface area contributed by atoms with E-state index in [-0.39, 0.29) is 17.1 Å². The molecule has 21 heavy (non-hydrogen) atoms. The van der Waals surface area contributed by atoms with Crippen LogP contribution >= 0.6 is 11.8 Å². The minimum atomic E-state index is -0.547. The molecule has 0 spiro atoms. The predicted octanol–water partition coefficient (Wildman–Crippen LogP) is 3.38. The van der Waals surface area contributed by atoms with E-state index >= 15 is 0 Å². The van der Waals surface area contributed by atoms with Crippen LogP contribution in [0.1, 0.15) is 5.56 Å². The van der Waals surface area contributed by atoms with Gasteiger partial charge in [0.15, 0.2) is 0 Å². The third-order valence-electron chi connectivity index (χ3n) is 2.75. The standard InChI is InChI=1S/C13H11N3O4S/c14-10-6-5-9(7-12(10)16(19)20)8-21-13-4-2-1-3-11(13)15(17)18/h1-7H,8,14H2. The number of nitro benzene ring substituents is 2. The van der Waals surface area contributed by atoms with Gasteiger partial charge in [0.2, 0.25) is 0 Å².